The molecule has 2 aromatic rings. The van der Waals surface area contributed by atoms with Crippen molar-refractivity contribution >= 4 is 11.6 Å². The monoisotopic (exact) mass is 230 g/mol. The van der Waals surface area contributed by atoms with Crippen LogP contribution in [0.1, 0.15) is 28.9 Å². The number of anilines is 1. The highest BCUT2D eigenvalue weighted by atomic mass is 16.4. The van der Waals surface area contributed by atoms with E-state index in [9.17, 15) is 4.79 Å². The van der Waals surface area contributed by atoms with Crippen LogP contribution in [-0.2, 0) is 6.42 Å². The molecule has 0 aliphatic heterocycles. The number of hydrogen-bond donors (Lipinski definition) is 1. The van der Waals surface area contributed by atoms with Gasteiger partial charge < -0.3 is 9.73 Å². The number of aryl methyl sites for hydroxylation is 2. The van der Waals surface area contributed by atoms with E-state index < -0.39 is 0 Å². The summed E-state index contributed by atoms with van der Waals surface area (Å²) in [6.45, 7) is 3.80. The molecular weight excluding hydrogens is 216 g/mol. The molecule has 1 heterocycles. The number of oxazole rings is 1. The Kier molecular flexibility index (Phi) is 3.23. The smallest absolute Gasteiger partial charge is 0.311 e. The van der Waals surface area contributed by atoms with Crippen LogP contribution < -0.4 is 5.32 Å². The van der Waals surface area contributed by atoms with Crippen LogP contribution in [0.15, 0.2) is 34.9 Å². The zero-order chi connectivity index (χ0) is 12.3. The molecule has 0 saturated heterocycles. The van der Waals surface area contributed by atoms with Crippen molar-refractivity contribution in [2.75, 3.05) is 5.32 Å². The highest BCUT2D eigenvalue weighted by Crippen LogP contribution is 2.16. The van der Waals surface area contributed by atoms with Gasteiger partial charge in [0.1, 0.15) is 5.76 Å². The topological polar surface area (TPSA) is 55.1 Å². The largest absolute Gasteiger partial charge is 0.438 e. The normalized spacial score (nSPS) is 10.2. The standard InChI is InChI=1S/C13H14N2O2/c1-3-10-6-4-5-7-11(10)15-12(16)13-14-8-9(2)17-13/h4-8H,3H2,1-2H3,(H,15,16). The van der Waals surface area contributed by atoms with E-state index in [0.717, 1.165) is 17.7 Å². The van der Waals surface area contributed by atoms with Crippen molar-refractivity contribution in [2.24, 2.45) is 0 Å². The Labute approximate surface area is 99.7 Å². The van der Waals surface area contributed by atoms with Crippen LogP contribution in [0.25, 0.3) is 0 Å². The van der Waals surface area contributed by atoms with E-state index in [2.05, 4.69) is 10.3 Å². The average molecular weight is 230 g/mol. The van der Waals surface area contributed by atoms with Crippen LogP contribution in [0.2, 0.25) is 0 Å². The van der Waals surface area contributed by atoms with Gasteiger partial charge in [0, 0.05) is 5.69 Å². The molecule has 1 amide bonds. The third kappa shape index (κ3) is 2.53. The molecule has 0 unspecified atom stereocenters. The van der Waals surface area contributed by atoms with Gasteiger partial charge in [-0.2, -0.15) is 0 Å². The molecule has 1 aromatic carbocycles. The molecule has 1 N–H and O–H groups in total. The summed E-state index contributed by atoms with van der Waals surface area (Å²) in [5.41, 5.74) is 1.89. The molecule has 0 bridgehead atoms. The molecule has 1 aromatic heterocycles. The molecule has 17 heavy (non-hydrogen) atoms. The van der Waals surface area contributed by atoms with Gasteiger partial charge in [0.05, 0.1) is 6.20 Å². The lowest BCUT2D eigenvalue weighted by molar-refractivity contribution is 0.0989. The second kappa shape index (κ2) is 4.82. The molecule has 4 heteroatoms. The molecular formula is C13H14N2O2. The number of benzene rings is 1. The Morgan fingerprint density at radius 2 is 2.18 bits per heavy atom. The predicted molar refractivity (Wildman–Crippen MR) is 65.0 cm³/mol. The lowest BCUT2D eigenvalue weighted by Gasteiger charge is -2.07. The number of carbonyl (C=O) groups is 1. The molecule has 0 spiro atoms. The fourth-order valence-electron chi connectivity index (χ4n) is 1.59. The van der Waals surface area contributed by atoms with E-state index >= 15 is 0 Å². The summed E-state index contributed by atoms with van der Waals surface area (Å²) in [6.07, 6.45) is 2.39. The number of amides is 1. The fourth-order valence-corrected chi connectivity index (χ4v) is 1.59. The van der Waals surface area contributed by atoms with E-state index in [-0.39, 0.29) is 11.8 Å². The van der Waals surface area contributed by atoms with Crippen molar-refractivity contribution in [1.82, 2.24) is 4.98 Å². The molecule has 88 valence electrons. The highest BCUT2D eigenvalue weighted by molar-refractivity contribution is 6.01. The molecule has 0 aliphatic carbocycles. The molecule has 4 nitrogen and oxygen atoms in total. The van der Waals surface area contributed by atoms with E-state index in [1.165, 1.54) is 6.20 Å². The van der Waals surface area contributed by atoms with Crippen molar-refractivity contribution < 1.29 is 9.21 Å². The van der Waals surface area contributed by atoms with E-state index in [1.807, 2.05) is 31.2 Å². The maximum atomic E-state index is 11.8. The fraction of sp³-hybridized carbons (Fsp3) is 0.231. The molecule has 0 fully saturated rings. The van der Waals surface area contributed by atoms with Gasteiger partial charge in [-0.15, -0.1) is 0 Å². The summed E-state index contributed by atoms with van der Waals surface area (Å²) < 4.78 is 5.17. The Bertz CT molecular complexity index is 532. The van der Waals surface area contributed by atoms with Crippen LogP contribution in [0.5, 0.6) is 0 Å². The van der Waals surface area contributed by atoms with Gasteiger partial charge in [0.25, 0.3) is 5.89 Å². The highest BCUT2D eigenvalue weighted by Gasteiger charge is 2.13. The average Bonchev–Trinajstić information content (AvgIpc) is 2.77. The first-order chi connectivity index (χ1) is 8.20. The lowest BCUT2D eigenvalue weighted by atomic mass is 10.1. The van der Waals surface area contributed by atoms with Crippen molar-refractivity contribution in [3.8, 4) is 0 Å². The SMILES string of the molecule is CCc1ccccc1NC(=O)c1ncc(C)o1. The minimum atomic E-state index is -0.320. The van der Waals surface area contributed by atoms with Crippen molar-refractivity contribution in [3.63, 3.8) is 0 Å². The van der Waals surface area contributed by atoms with Crippen LogP contribution in [0.4, 0.5) is 5.69 Å². The molecule has 2 rings (SSSR count). The maximum absolute atomic E-state index is 11.8. The van der Waals surface area contributed by atoms with Crippen LogP contribution in [-0.4, -0.2) is 10.9 Å². The first-order valence-corrected chi connectivity index (χ1v) is 5.52. The van der Waals surface area contributed by atoms with E-state index in [0.29, 0.717) is 5.76 Å². The van der Waals surface area contributed by atoms with Gasteiger partial charge in [-0.25, -0.2) is 4.98 Å². The first kappa shape index (κ1) is 11.4. The number of carbonyl (C=O) groups excluding carboxylic acids is 1. The van der Waals surface area contributed by atoms with Gasteiger partial charge in [0.15, 0.2) is 0 Å². The summed E-state index contributed by atoms with van der Waals surface area (Å²) in [5.74, 6) is 0.395. The van der Waals surface area contributed by atoms with Gasteiger partial charge in [0.2, 0.25) is 0 Å². The molecule has 0 radical (unpaired) electrons. The third-order valence-corrected chi connectivity index (χ3v) is 2.46. The molecule has 0 aliphatic rings. The summed E-state index contributed by atoms with van der Waals surface area (Å²) >= 11 is 0. The number of rotatable bonds is 3. The second-order valence-corrected chi connectivity index (χ2v) is 3.74. The van der Waals surface area contributed by atoms with Gasteiger partial charge in [-0.3, -0.25) is 4.79 Å². The Hall–Kier alpha value is -2.10. The minimum Gasteiger partial charge on any atom is -0.438 e. The Morgan fingerprint density at radius 3 is 2.82 bits per heavy atom. The second-order valence-electron chi connectivity index (χ2n) is 3.74. The Balaban J connectivity index is 2.18. The minimum absolute atomic E-state index is 0.0911. The summed E-state index contributed by atoms with van der Waals surface area (Å²) in [7, 11) is 0. The maximum Gasteiger partial charge on any atom is 0.311 e. The molecule has 0 atom stereocenters. The molecule has 0 saturated carbocycles. The van der Waals surface area contributed by atoms with E-state index in [1.54, 1.807) is 6.92 Å². The zero-order valence-corrected chi connectivity index (χ0v) is 9.86. The van der Waals surface area contributed by atoms with Gasteiger partial charge >= 0.3 is 5.91 Å². The van der Waals surface area contributed by atoms with Crippen molar-refractivity contribution in [1.29, 1.82) is 0 Å². The summed E-state index contributed by atoms with van der Waals surface area (Å²) in [6, 6.07) is 7.68. The predicted octanol–water partition coefficient (Wildman–Crippen LogP) is 2.80. The van der Waals surface area contributed by atoms with Crippen LogP contribution in [0.3, 0.4) is 0 Å². The summed E-state index contributed by atoms with van der Waals surface area (Å²) in [5, 5.41) is 2.80. The Morgan fingerprint density at radius 1 is 1.41 bits per heavy atom. The number of nitrogens with zero attached hydrogens (tertiary/aromatic N) is 1. The van der Waals surface area contributed by atoms with Crippen LogP contribution in [0, 0.1) is 6.92 Å². The number of nitrogens with one attached hydrogen (secondary N) is 1. The number of hydrogen-bond acceptors (Lipinski definition) is 3. The zero-order valence-electron chi connectivity index (χ0n) is 9.86. The van der Waals surface area contributed by atoms with Gasteiger partial charge in [-0.05, 0) is 25.0 Å². The first-order valence-electron chi connectivity index (χ1n) is 5.52. The van der Waals surface area contributed by atoms with Crippen molar-refractivity contribution in [2.45, 2.75) is 20.3 Å². The van der Waals surface area contributed by atoms with Crippen molar-refractivity contribution in [3.05, 3.63) is 47.7 Å². The quantitative estimate of drug-likeness (QED) is 0.882. The van der Waals surface area contributed by atoms with Gasteiger partial charge in [-0.1, -0.05) is 25.1 Å². The summed E-state index contributed by atoms with van der Waals surface area (Å²) in [4.78, 5) is 15.7. The van der Waals surface area contributed by atoms with Crippen LogP contribution >= 0.6 is 0 Å². The lowest BCUT2D eigenvalue weighted by Crippen LogP contribution is -2.13. The third-order valence-electron chi connectivity index (χ3n) is 2.46. The number of aromatic nitrogens is 1. The van der Waals surface area contributed by atoms with E-state index in [4.69, 9.17) is 4.42 Å². The number of para-hydroxylation sites is 1.